The maximum absolute atomic E-state index is 13.1. The van der Waals surface area contributed by atoms with Crippen LogP contribution >= 0.6 is 27.5 Å². The van der Waals surface area contributed by atoms with E-state index in [0.29, 0.717) is 29.5 Å². The van der Waals surface area contributed by atoms with Crippen molar-refractivity contribution >= 4 is 55.9 Å². The van der Waals surface area contributed by atoms with Crippen molar-refractivity contribution in [2.75, 3.05) is 11.9 Å². The molecular formula is C24H24BrClF2N6O2. The number of carbonyl (C=O) groups is 1. The molecule has 12 heteroatoms. The average Bonchev–Trinajstić information content (AvgIpc) is 3.28. The number of hydrogen-bond acceptors (Lipinski definition) is 6. The molecule has 0 saturated heterocycles. The smallest absolute Gasteiger partial charge is 0.387 e. The maximum Gasteiger partial charge on any atom is 0.387 e. The van der Waals surface area contributed by atoms with Crippen LogP contribution in [0.1, 0.15) is 33.1 Å². The summed E-state index contributed by atoms with van der Waals surface area (Å²) in [6, 6.07) is 9.28. The first-order valence-electron chi connectivity index (χ1n) is 11.5. The van der Waals surface area contributed by atoms with E-state index in [0.717, 1.165) is 17.3 Å². The van der Waals surface area contributed by atoms with Gasteiger partial charge in [0.25, 0.3) is 0 Å². The van der Waals surface area contributed by atoms with Crippen LogP contribution in [0, 0.1) is 0 Å². The molecule has 0 unspecified atom stereocenters. The van der Waals surface area contributed by atoms with Gasteiger partial charge in [0, 0.05) is 21.4 Å². The molecule has 0 spiro atoms. The molecule has 36 heavy (non-hydrogen) atoms. The molecule has 2 N–H and O–H groups in total. The van der Waals surface area contributed by atoms with Gasteiger partial charge in [-0.2, -0.15) is 13.3 Å². The van der Waals surface area contributed by atoms with E-state index in [1.165, 1.54) is 16.6 Å². The van der Waals surface area contributed by atoms with Crippen LogP contribution in [0.4, 0.5) is 14.7 Å². The summed E-state index contributed by atoms with van der Waals surface area (Å²) in [4.78, 5) is 22.1. The Kier molecular flexibility index (Phi) is 8.20. The second kappa shape index (κ2) is 11.3. The molecule has 0 fully saturated rings. The van der Waals surface area contributed by atoms with Crippen LogP contribution in [0.25, 0.3) is 27.9 Å². The first-order valence-corrected chi connectivity index (χ1v) is 12.6. The molecular weight excluding hydrogens is 558 g/mol. The highest BCUT2D eigenvalue weighted by Gasteiger charge is 2.23. The number of anilines is 1. The summed E-state index contributed by atoms with van der Waals surface area (Å²) in [5, 5.41) is 11.6. The van der Waals surface area contributed by atoms with Crippen LogP contribution in [0.15, 0.2) is 40.9 Å². The van der Waals surface area contributed by atoms with Crippen LogP contribution in [-0.2, 0) is 4.79 Å². The summed E-state index contributed by atoms with van der Waals surface area (Å²) in [5.41, 5.74) is 1.27. The standard InChI is InChI=1S/C24H24BrClF2N6O2/c1-3-5-11-29-22(35)17(4-2)30-24-31-19-15(7-6-8-16(19)25)21-32-20(33-34(21)24)14-10-9-13(26)12-18(14)36-23(27)28/h6-10,12,17,23H,3-5,11H2,1-2H3,(H,29,35)(H,30,31)/t17-/m0/s1. The Morgan fingerprint density at radius 2 is 2.03 bits per heavy atom. The van der Waals surface area contributed by atoms with Gasteiger partial charge in [0.05, 0.1) is 11.1 Å². The van der Waals surface area contributed by atoms with E-state index in [-0.39, 0.29) is 34.0 Å². The van der Waals surface area contributed by atoms with E-state index in [2.05, 4.69) is 48.3 Å². The first kappa shape index (κ1) is 26.0. The fraction of sp³-hybridized carbons (Fsp3) is 0.333. The summed E-state index contributed by atoms with van der Waals surface area (Å²) in [5.74, 6) is 0.118. The monoisotopic (exact) mass is 580 g/mol. The van der Waals surface area contributed by atoms with E-state index >= 15 is 0 Å². The number of ether oxygens (including phenoxy) is 1. The number of halogens is 4. The van der Waals surface area contributed by atoms with Crippen molar-refractivity contribution in [2.45, 2.75) is 45.8 Å². The minimum absolute atomic E-state index is 0.139. The summed E-state index contributed by atoms with van der Waals surface area (Å²) in [6.45, 7) is 1.47. The predicted molar refractivity (Wildman–Crippen MR) is 139 cm³/mol. The van der Waals surface area contributed by atoms with E-state index in [1.54, 1.807) is 6.07 Å². The molecule has 0 saturated carbocycles. The van der Waals surface area contributed by atoms with Crippen LogP contribution in [0.5, 0.6) is 5.75 Å². The largest absolute Gasteiger partial charge is 0.434 e. The van der Waals surface area contributed by atoms with E-state index in [4.69, 9.17) is 16.6 Å². The number of unbranched alkanes of at least 4 members (excludes halogenated alkanes) is 1. The van der Waals surface area contributed by atoms with Gasteiger partial charge in [-0.05, 0) is 59.1 Å². The van der Waals surface area contributed by atoms with Gasteiger partial charge in [-0.15, -0.1) is 5.10 Å². The van der Waals surface area contributed by atoms with Crippen LogP contribution in [0.2, 0.25) is 5.02 Å². The van der Waals surface area contributed by atoms with Crippen LogP contribution < -0.4 is 15.4 Å². The van der Waals surface area contributed by atoms with Crippen molar-refractivity contribution in [2.24, 2.45) is 0 Å². The van der Waals surface area contributed by atoms with Crippen molar-refractivity contribution < 1.29 is 18.3 Å². The third kappa shape index (κ3) is 5.52. The van der Waals surface area contributed by atoms with Gasteiger partial charge in [-0.1, -0.05) is 37.9 Å². The lowest BCUT2D eigenvalue weighted by Gasteiger charge is -2.18. The Bertz CT molecular complexity index is 1400. The highest BCUT2D eigenvalue weighted by Crippen LogP contribution is 2.34. The van der Waals surface area contributed by atoms with Crippen LogP contribution in [-0.4, -0.2) is 44.7 Å². The fourth-order valence-corrected chi connectivity index (χ4v) is 4.32. The summed E-state index contributed by atoms with van der Waals surface area (Å²) >= 11 is 9.53. The van der Waals surface area contributed by atoms with Gasteiger partial charge in [-0.3, -0.25) is 4.79 Å². The molecule has 0 radical (unpaired) electrons. The van der Waals surface area contributed by atoms with Gasteiger partial charge in [0.1, 0.15) is 11.8 Å². The number of carbonyl (C=O) groups excluding carboxylic acids is 1. The molecule has 190 valence electrons. The van der Waals surface area contributed by atoms with Crippen molar-refractivity contribution in [1.82, 2.24) is 24.9 Å². The molecule has 2 aromatic carbocycles. The first-order chi connectivity index (χ1) is 17.3. The van der Waals surface area contributed by atoms with E-state index in [9.17, 15) is 13.6 Å². The van der Waals surface area contributed by atoms with Gasteiger partial charge < -0.3 is 15.4 Å². The maximum atomic E-state index is 13.1. The number of fused-ring (bicyclic) bond motifs is 3. The molecule has 0 aliphatic carbocycles. The number of nitrogens with zero attached hydrogens (tertiary/aromatic N) is 4. The zero-order valence-corrected chi connectivity index (χ0v) is 21.9. The topological polar surface area (TPSA) is 93.4 Å². The van der Waals surface area contributed by atoms with Crippen molar-refractivity contribution in [3.63, 3.8) is 0 Å². The minimum Gasteiger partial charge on any atom is -0.434 e. The molecule has 0 aliphatic heterocycles. The molecule has 1 atom stereocenters. The SMILES string of the molecule is CCCCNC(=O)[C@H](CC)Nc1nc2c(Br)cccc2c2nc(-c3ccc(Cl)cc3OC(F)F)nn12. The summed E-state index contributed by atoms with van der Waals surface area (Å²) in [6.07, 6.45) is 2.35. The van der Waals surface area contributed by atoms with Crippen LogP contribution in [0.3, 0.4) is 0 Å². The molecule has 1 amide bonds. The number of aromatic nitrogens is 4. The Morgan fingerprint density at radius 3 is 2.75 bits per heavy atom. The van der Waals surface area contributed by atoms with Crippen molar-refractivity contribution in [1.29, 1.82) is 0 Å². The number of para-hydroxylation sites is 1. The quantitative estimate of drug-likeness (QED) is 0.221. The number of nitrogens with one attached hydrogen (secondary N) is 2. The number of amides is 1. The second-order valence-corrected chi connectivity index (χ2v) is 9.30. The fourth-order valence-electron chi connectivity index (χ4n) is 3.70. The number of rotatable bonds is 10. The zero-order chi connectivity index (χ0) is 25.8. The molecule has 2 heterocycles. The minimum atomic E-state index is -3.05. The highest BCUT2D eigenvalue weighted by molar-refractivity contribution is 9.10. The average molecular weight is 582 g/mol. The third-order valence-electron chi connectivity index (χ3n) is 5.51. The molecule has 2 aromatic heterocycles. The Hall–Kier alpha value is -3.05. The number of hydrogen-bond donors (Lipinski definition) is 2. The lowest BCUT2D eigenvalue weighted by molar-refractivity contribution is -0.121. The van der Waals surface area contributed by atoms with E-state index < -0.39 is 12.7 Å². The van der Waals surface area contributed by atoms with Gasteiger partial charge in [-0.25, -0.2) is 9.97 Å². The predicted octanol–water partition coefficient (Wildman–Crippen LogP) is 6.07. The van der Waals surface area contributed by atoms with Crippen molar-refractivity contribution in [3.05, 3.63) is 45.9 Å². The van der Waals surface area contributed by atoms with E-state index in [1.807, 2.05) is 25.1 Å². The lowest BCUT2D eigenvalue weighted by atomic mass is 10.2. The molecule has 0 aliphatic rings. The normalized spacial score (nSPS) is 12.3. The third-order valence-corrected chi connectivity index (χ3v) is 6.39. The number of alkyl halides is 2. The Morgan fingerprint density at radius 1 is 1.22 bits per heavy atom. The van der Waals surface area contributed by atoms with Crippen molar-refractivity contribution in [3.8, 4) is 17.1 Å². The summed E-state index contributed by atoms with van der Waals surface area (Å²) < 4.78 is 33.0. The van der Waals surface area contributed by atoms with Gasteiger partial charge >= 0.3 is 6.61 Å². The Balaban J connectivity index is 1.84. The zero-order valence-electron chi connectivity index (χ0n) is 19.6. The lowest BCUT2D eigenvalue weighted by Crippen LogP contribution is -2.40. The Labute approximate surface area is 219 Å². The second-order valence-electron chi connectivity index (χ2n) is 8.01. The van der Waals surface area contributed by atoms with Gasteiger partial charge in [0.15, 0.2) is 11.5 Å². The highest BCUT2D eigenvalue weighted by atomic mass is 79.9. The molecule has 4 rings (SSSR count). The molecule has 4 aromatic rings. The molecule has 8 nitrogen and oxygen atoms in total. The van der Waals surface area contributed by atoms with Gasteiger partial charge in [0.2, 0.25) is 11.9 Å². The summed E-state index contributed by atoms with van der Waals surface area (Å²) in [7, 11) is 0. The number of benzene rings is 2. The molecule has 0 bridgehead atoms.